The Morgan fingerprint density at radius 2 is 2.20 bits per heavy atom. The third kappa shape index (κ3) is 2.14. The second kappa shape index (κ2) is 3.20. The standard InChI is InChI=1S/C9H16O/c1-7(2)4-9-5-8(3)6-10-9/h4,8-9H,5-6H2,1-3H3/t8-,9+/m1/s1. The van der Waals surface area contributed by atoms with Crippen molar-refractivity contribution in [2.45, 2.75) is 33.3 Å². The highest BCUT2D eigenvalue weighted by atomic mass is 16.5. The van der Waals surface area contributed by atoms with E-state index in [0.717, 1.165) is 12.5 Å². The highest BCUT2D eigenvalue weighted by molar-refractivity contribution is 5.00. The molecular formula is C9H16O. The van der Waals surface area contributed by atoms with Crippen LogP contribution in [-0.2, 0) is 4.74 Å². The Balaban J connectivity index is 2.38. The van der Waals surface area contributed by atoms with Gasteiger partial charge in [-0.15, -0.1) is 0 Å². The zero-order valence-corrected chi connectivity index (χ0v) is 7.05. The molecular weight excluding hydrogens is 124 g/mol. The maximum Gasteiger partial charge on any atom is 0.0761 e. The van der Waals surface area contributed by atoms with Crippen LogP contribution in [0.3, 0.4) is 0 Å². The smallest absolute Gasteiger partial charge is 0.0761 e. The zero-order chi connectivity index (χ0) is 7.56. The first-order chi connectivity index (χ1) is 4.68. The van der Waals surface area contributed by atoms with Crippen molar-refractivity contribution in [1.82, 2.24) is 0 Å². The minimum absolute atomic E-state index is 0.403. The van der Waals surface area contributed by atoms with Crippen LogP contribution in [0.15, 0.2) is 11.6 Å². The van der Waals surface area contributed by atoms with Gasteiger partial charge in [0, 0.05) is 0 Å². The van der Waals surface area contributed by atoms with E-state index in [-0.39, 0.29) is 0 Å². The van der Waals surface area contributed by atoms with Gasteiger partial charge in [-0.05, 0) is 26.2 Å². The molecule has 0 aromatic heterocycles. The molecule has 1 heterocycles. The van der Waals surface area contributed by atoms with Gasteiger partial charge in [0.05, 0.1) is 12.7 Å². The Hall–Kier alpha value is -0.300. The Bertz CT molecular complexity index is 134. The molecule has 1 saturated heterocycles. The molecule has 0 bridgehead atoms. The topological polar surface area (TPSA) is 9.23 Å². The van der Waals surface area contributed by atoms with Crippen LogP contribution in [0.25, 0.3) is 0 Å². The van der Waals surface area contributed by atoms with Gasteiger partial charge in [0.25, 0.3) is 0 Å². The van der Waals surface area contributed by atoms with Gasteiger partial charge in [-0.3, -0.25) is 0 Å². The Morgan fingerprint density at radius 1 is 1.50 bits per heavy atom. The maximum atomic E-state index is 5.50. The molecule has 0 aromatic rings. The highest BCUT2D eigenvalue weighted by Crippen LogP contribution is 2.20. The van der Waals surface area contributed by atoms with Crippen molar-refractivity contribution < 1.29 is 4.74 Å². The summed E-state index contributed by atoms with van der Waals surface area (Å²) in [5.41, 5.74) is 1.36. The fourth-order valence-corrected chi connectivity index (χ4v) is 1.31. The van der Waals surface area contributed by atoms with Crippen LogP contribution in [0.2, 0.25) is 0 Å². The van der Waals surface area contributed by atoms with Gasteiger partial charge in [-0.2, -0.15) is 0 Å². The molecule has 1 nitrogen and oxygen atoms in total. The number of hydrogen-bond donors (Lipinski definition) is 0. The van der Waals surface area contributed by atoms with Crippen molar-refractivity contribution in [1.29, 1.82) is 0 Å². The Morgan fingerprint density at radius 3 is 2.60 bits per heavy atom. The lowest BCUT2D eigenvalue weighted by atomic mass is 10.1. The van der Waals surface area contributed by atoms with E-state index in [2.05, 4.69) is 26.8 Å². The third-order valence-corrected chi connectivity index (χ3v) is 1.75. The summed E-state index contributed by atoms with van der Waals surface area (Å²) in [5, 5.41) is 0. The van der Waals surface area contributed by atoms with Crippen LogP contribution in [0, 0.1) is 5.92 Å². The van der Waals surface area contributed by atoms with Gasteiger partial charge in [0.2, 0.25) is 0 Å². The molecule has 1 aliphatic rings. The van der Waals surface area contributed by atoms with Gasteiger partial charge in [-0.1, -0.05) is 18.6 Å². The predicted molar refractivity (Wildman–Crippen MR) is 43.0 cm³/mol. The number of ether oxygens (including phenoxy) is 1. The molecule has 10 heavy (non-hydrogen) atoms. The summed E-state index contributed by atoms with van der Waals surface area (Å²) in [6.45, 7) is 7.41. The number of allylic oxidation sites excluding steroid dienone is 1. The van der Waals surface area contributed by atoms with Crippen LogP contribution in [0.5, 0.6) is 0 Å². The largest absolute Gasteiger partial charge is 0.374 e. The monoisotopic (exact) mass is 140 g/mol. The predicted octanol–water partition coefficient (Wildman–Crippen LogP) is 2.38. The third-order valence-electron chi connectivity index (χ3n) is 1.75. The lowest BCUT2D eigenvalue weighted by molar-refractivity contribution is 0.139. The van der Waals surface area contributed by atoms with Crippen LogP contribution in [0.1, 0.15) is 27.2 Å². The van der Waals surface area contributed by atoms with Crippen molar-refractivity contribution in [3.8, 4) is 0 Å². The molecule has 2 atom stereocenters. The van der Waals surface area contributed by atoms with E-state index >= 15 is 0 Å². The average molecular weight is 140 g/mol. The van der Waals surface area contributed by atoms with E-state index in [4.69, 9.17) is 4.74 Å². The molecule has 1 fully saturated rings. The fourth-order valence-electron chi connectivity index (χ4n) is 1.31. The van der Waals surface area contributed by atoms with Crippen LogP contribution in [0.4, 0.5) is 0 Å². The van der Waals surface area contributed by atoms with Crippen molar-refractivity contribution in [3.63, 3.8) is 0 Å². The molecule has 0 N–H and O–H groups in total. The SMILES string of the molecule is CC(C)=C[C@H]1C[C@@H](C)CO1. The Kier molecular flexibility index (Phi) is 2.50. The molecule has 0 spiro atoms. The minimum atomic E-state index is 0.403. The first kappa shape index (κ1) is 7.80. The van der Waals surface area contributed by atoms with Crippen LogP contribution >= 0.6 is 0 Å². The number of hydrogen-bond acceptors (Lipinski definition) is 1. The molecule has 0 aromatic carbocycles. The maximum absolute atomic E-state index is 5.50. The van der Waals surface area contributed by atoms with Gasteiger partial charge in [0.15, 0.2) is 0 Å². The minimum Gasteiger partial charge on any atom is -0.374 e. The van der Waals surface area contributed by atoms with E-state index in [1.807, 2.05) is 0 Å². The van der Waals surface area contributed by atoms with E-state index in [9.17, 15) is 0 Å². The van der Waals surface area contributed by atoms with Gasteiger partial charge >= 0.3 is 0 Å². The van der Waals surface area contributed by atoms with Gasteiger partial charge < -0.3 is 4.74 Å². The number of rotatable bonds is 1. The molecule has 1 aliphatic heterocycles. The quantitative estimate of drug-likeness (QED) is 0.508. The summed E-state index contributed by atoms with van der Waals surface area (Å²) in [5.74, 6) is 0.751. The zero-order valence-electron chi connectivity index (χ0n) is 7.05. The van der Waals surface area contributed by atoms with Crippen LogP contribution < -0.4 is 0 Å². The molecule has 1 rings (SSSR count). The summed E-state index contributed by atoms with van der Waals surface area (Å²) in [6, 6.07) is 0. The lowest BCUT2D eigenvalue weighted by Gasteiger charge is -2.01. The molecule has 0 saturated carbocycles. The van der Waals surface area contributed by atoms with Gasteiger partial charge in [0.1, 0.15) is 0 Å². The molecule has 1 heteroatoms. The normalized spacial score (nSPS) is 32.3. The summed E-state index contributed by atoms with van der Waals surface area (Å²) in [6.07, 6.45) is 3.81. The van der Waals surface area contributed by atoms with E-state index in [1.165, 1.54) is 12.0 Å². The molecule has 58 valence electrons. The van der Waals surface area contributed by atoms with E-state index in [0.29, 0.717) is 6.10 Å². The summed E-state index contributed by atoms with van der Waals surface area (Å²) >= 11 is 0. The van der Waals surface area contributed by atoms with E-state index < -0.39 is 0 Å². The highest BCUT2D eigenvalue weighted by Gasteiger charge is 2.19. The van der Waals surface area contributed by atoms with Gasteiger partial charge in [-0.25, -0.2) is 0 Å². The average Bonchev–Trinajstić information content (AvgIpc) is 2.13. The van der Waals surface area contributed by atoms with Crippen LogP contribution in [-0.4, -0.2) is 12.7 Å². The molecule has 0 aliphatic carbocycles. The lowest BCUT2D eigenvalue weighted by Crippen LogP contribution is -1.99. The first-order valence-corrected chi connectivity index (χ1v) is 3.95. The summed E-state index contributed by atoms with van der Waals surface area (Å²) in [7, 11) is 0. The Labute approximate surface area is 63.1 Å². The fraction of sp³-hybridized carbons (Fsp3) is 0.778. The second-order valence-corrected chi connectivity index (χ2v) is 3.46. The molecule has 0 unspecified atom stereocenters. The summed E-state index contributed by atoms with van der Waals surface area (Å²) < 4.78 is 5.50. The van der Waals surface area contributed by atoms with E-state index in [1.54, 1.807) is 0 Å². The van der Waals surface area contributed by atoms with Crippen molar-refractivity contribution in [3.05, 3.63) is 11.6 Å². The summed E-state index contributed by atoms with van der Waals surface area (Å²) in [4.78, 5) is 0. The first-order valence-electron chi connectivity index (χ1n) is 3.95. The second-order valence-electron chi connectivity index (χ2n) is 3.46. The molecule has 0 amide bonds. The van der Waals surface area contributed by atoms with Crippen molar-refractivity contribution in [2.24, 2.45) is 5.92 Å². The molecule has 0 radical (unpaired) electrons. The van der Waals surface area contributed by atoms with Crippen molar-refractivity contribution in [2.75, 3.05) is 6.61 Å². The van der Waals surface area contributed by atoms with Crippen molar-refractivity contribution >= 4 is 0 Å².